The van der Waals surface area contributed by atoms with Gasteiger partial charge < -0.3 is 14.8 Å². The molecule has 0 bridgehead atoms. The summed E-state index contributed by atoms with van der Waals surface area (Å²) in [4.78, 5) is 0. The maximum Gasteiger partial charge on any atom is 0.411 e. The average molecular weight is 295 g/mol. The lowest BCUT2D eigenvalue weighted by molar-refractivity contribution is -0.186. The Kier molecular flexibility index (Phi) is 6.22. The monoisotopic (exact) mass is 295 g/mol. The van der Waals surface area contributed by atoms with Gasteiger partial charge >= 0.3 is 6.18 Å². The summed E-state index contributed by atoms with van der Waals surface area (Å²) in [5, 5.41) is 3.08. The summed E-state index contributed by atoms with van der Waals surface area (Å²) in [6.07, 6.45) is -4.40. The predicted molar refractivity (Wildman–Crippen MR) is 66.0 cm³/mol. The molecule has 3 nitrogen and oxygen atoms in total. The minimum atomic E-state index is -4.40. The van der Waals surface area contributed by atoms with E-state index in [1.807, 2.05) is 13.8 Å². The molecule has 114 valence electrons. The maximum absolute atomic E-state index is 13.2. The van der Waals surface area contributed by atoms with Gasteiger partial charge in [-0.2, -0.15) is 13.2 Å². The highest BCUT2D eigenvalue weighted by Gasteiger charge is 2.27. The smallest absolute Gasteiger partial charge is 0.411 e. The normalized spacial score (nSPS) is 13.3. The maximum atomic E-state index is 13.2. The second-order valence-electron chi connectivity index (χ2n) is 4.19. The van der Waals surface area contributed by atoms with Gasteiger partial charge in [-0.25, -0.2) is 4.39 Å². The van der Waals surface area contributed by atoms with Gasteiger partial charge in [-0.3, -0.25) is 0 Å². The van der Waals surface area contributed by atoms with E-state index in [0.29, 0.717) is 17.9 Å². The van der Waals surface area contributed by atoms with E-state index in [2.05, 4.69) is 10.1 Å². The zero-order chi connectivity index (χ0) is 15.2. The van der Waals surface area contributed by atoms with Crippen LogP contribution in [-0.2, 0) is 4.74 Å². The van der Waals surface area contributed by atoms with Gasteiger partial charge in [0.25, 0.3) is 0 Å². The first-order valence-corrected chi connectivity index (χ1v) is 6.13. The van der Waals surface area contributed by atoms with Crippen LogP contribution in [0.4, 0.5) is 17.6 Å². The van der Waals surface area contributed by atoms with Gasteiger partial charge in [-0.1, -0.05) is 6.92 Å². The summed E-state index contributed by atoms with van der Waals surface area (Å²) in [6, 6.07) is 3.65. The quantitative estimate of drug-likeness (QED) is 0.475. The van der Waals surface area contributed by atoms with Gasteiger partial charge in [0, 0.05) is 11.6 Å². The summed E-state index contributed by atoms with van der Waals surface area (Å²) in [6.45, 7) is 2.44. The molecule has 1 atom stereocenters. The highest BCUT2D eigenvalue weighted by molar-refractivity contribution is 5.36. The van der Waals surface area contributed by atoms with E-state index in [1.54, 1.807) is 0 Å². The Morgan fingerprint density at radius 1 is 1.30 bits per heavy atom. The van der Waals surface area contributed by atoms with Crippen LogP contribution in [0.2, 0.25) is 0 Å². The van der Waals surface area contributed by atoms with Crippen molar-refractivity contribution in [1.82, 2.24) is 5.32 Å². The summed E-state index contributed by atoms with van der Waals surface area (Å²) in [5.41, 5.74) is 0.530. The molecule has 0 aliphatic rings. The van der Waals surface area contributed by atoms with Crippen molar-refractivity contribution in [3.63, 3.8) is 0 Å². The Labute approximate surface area is 114 Å². The van der Waals surface area contributed by atoms with Crippen LogP contribution in [0.5, 0.6) is 5.75 Å². The molecule has 0 fully saturated rings. The Balaban J connectivity index is 2.64. The van der Waals surface area contributed by atoms with Crippen molar-refractivity contribution >= 4 is 0 Å². The van der Waals surface area contributed by atoms with Crippen molar-refractivity contribution in [2.24, 2.45) is 0 Å². The molecule has 0 spiro atoms. The van der Waals surface area contributed by atoms with Crippen molar-refractivity contribution in [3.8, 4) is 5.75 Å². The Bertz CT molecular complexity index is 423. The van der Waals surface area contributed by atoms with Crippen molar-refractivity contribution in [2.75, 3.05) is 19.9 Å². The largest absolute Gasteiger partial charge is 0.467 e. The van der Waals surface area contributed by atoms with E-state index in [9.17, 15) is 17.6 Å². The zero-order valence-corrected chi connectivity index (χ0v) is 11.3. The van der Waals surface area contributed by atoms with Crippen LogP contribution in [-0.4, -0.2) is 26.1 Å². The highest BCUT2D eigenvalue weighted by Crippen LogP contribution is 2.26. The fourth-order valence-corrected chi connectivity index (χ4v) is 1.67. The van der Waals surface area contributed by atoms with Gasteiger partial charge in [-0.05, 0) is 31.7 Å². The standard InChI is InChI=1S/C13H17F4NO2/c1-3-18-9(2)11-6-10(14)4-5-12(11)20-8-19-7-13(15,16)17/h4-6,9,18H,3,7-8H2,1-2H3. The lowest BCUT2D eigenvalue weighted by Gasteiger charge is -2.18. The first kappa shape index (κ1) is 16.7. The van der Waals surface area contributed by atoms with E-state index >= 15 is 0 Å². The number of nitrogens with one attached hydrogen (secondary N) is 1. The lowest BCUT2D eigenvalue weighted by atomic mass is 10.1. The number of rotatable bonds is 7. The van der Waals surface area contributed by atoms with Gasteiger partial charge in [0.05, 0.1) is 0 Å². The third kappa shape index (κ3) is 5.75. The van der Waals surface area contributed by atoms with Crippen LogP contribution < -0.4 is 10.1 Å². The number of hydrogen-bond acceptors (Lipinski definition) is 3. The van der Waals surface area contributed by atoms with Gasteiger partial charge in [0.15, 0.2) is 6.79 Å². The molecule has 0 amide bonds. The third-order valence-corrected chi connectivity index (χ3v) is 2.51. The Morgan fingerprint density at radius 3 is 2.60 bits per heavy atom. The van der Waals surface area contributed by atoms with E-state index in [0.717, 1.165) is 0 Å². The molecule has 0 saturated carbocycles. The fourth-order valence-electron chi connectivity index (χ4n) is 1.67. The van der Waals surface area contributed by atoms with Crippen LogP contribution in [0.25, 0.3) is 0 Å². The second-order valence-corrected chi connectivity index (χ2v) is 4.19. The second kappa shape index (κ2) is 7.44. The van der Waals surface area contributed by atoms with Crippen LogP contribution >= 0.6 is 0 Å². The molecule has 7 heteroatoms. The van der Waals surface area contributed by atoms with E-state index < -0.39 is 25.4 Å². The number of hydrogen-bond donors (Lipinski definition) is 1. The molecule has 1 rings (SSSR count). The number of benzene rings is 1. The van der Waals surface area contributed by atoms with Crippen LogP contribution in [0.1, 0.15) is 25.5 Å². The summed E-state index contributed by atoms with van der Waals surface area (Å²) >= 11 is 0. The van der Waals surface area contributed by atoms with Gasteiger partial charge in [-0.15, -0.1) is 0 Å². The molecule has 0 aromatic heterocycles. The van der Waals surface area contributed by atoms with Crippen LogP contribution in [0, 0.1) is 5.82 Å². The van der Waals surface area contributed by atoms with Gasteiger partial charge in [0.1, 0.15) is 18.2 Å². The lowest BCUT2D eigenvalue weighted by Crippen LogP contribution is -2.21. The summed E-state index contributed by atoms with van der Waals surface area (Å²) in [5.74, 6) is -0.143. The van der Waals surface area contributed by atoms with Crippen LogP contribution in [0.3, 0.4) is 0 Å². The molecule has 1 unspecified atom stereocenters. The van der Waals surface area contributed by atoms with Crippen molar-refractivity contribution in [3.05, 3.63) is 29.6 Å². The minimum Gasteiger partial charge on any atom is -0.467 e. The first-order valence-electron chi connectivity index (χ1n) is 6.13. The van der Waals surface area contributed by atoms with Crippen molar-refractivity contribution in [1.29, 1.82) is 0 Å². The molecule has 1 aromatic rings. The Hall–Kier alpha value is -1.34. The minimum absolute atomic E-state index is 0.187. The molecule has 0 radical (unpaired) electrons. The first-order chi connectivity index (χ1) is 9.33. The van der Waals surface area contributed by atoms with E-state index in [-0.39, 0.29) is 6.04 Å². The molecule has 0 aliphatic heterocycles. The number of alkyl halides is 3. The highest BCUT2D eigenvalue weighted by atomic mass is 19.4. The SMILES string of the molecule is CCNC(C)c1cc(F)ccc1OCOCC(F)(F)F. The summed E-state index contributed by atoms with van der Waals surface area (Å²) in [7, 11) is 0. The average Bonchev–Trinajstić information content (AvgIpc) is 2.35. The fraction of sp³-hybridized carbons (Fsp3) is 0.538. The third-order valence-electron chi connectivity index (χ3n) is 2.51. The molecule has 1 aromatic carbocycles. The molecule has 0 saturated heterocycles. The topological polar surface area (TPSA) is 30.5 Å². The van der Waals surface area contributed by atoms with Crippen molar-refractivity contribution < 1.29 is 27.0 Å². The molecular weight excluding hydrogens is 278 g/mol. The molecule has 0 aliphatic carbocycles. The zero-order valence-electron chi connectivity index (χ0n) is 11.3. The molecule has 20 heavy (non-hydrogen) atoms. The summed E-state index contributed by atoms with van der Waals surface area (Å²) < 4.78 is 58.4. The number of ether oxygens (including phenoxy) is 2. The number of halogens is 4. The van der Waals surface area contributed by atoms with E-state index in [1.165, 1.54) is 18.2 Å². The predicted octanol–water partition coefficient (Wildman–Crippen LogP) is 3.41. The van der Waals surface area contributed by atoms with E-state index in [4.69, 9.17) is 4.74 Å². The van der Waals surface area contributed by atoms with Crippen molar-refractivity contribution in [2.45, 2.75) is 26.1 Å². The van der Waals surface area contributed by atoms with Gasteiger partial charge in [0.2, 0.25) is 0 Å². The molecule has 0 heterocycles. The molecule has 1 N–H and O–H groups in total. The molecular formula is C13H17F4NO2. The Morgan fingerprint density at radius 2 is 2.00 bits per heavy atom. The van der Waals surface area contributed by atoms with Crippen LogP contribution in [0.15, 0.2) is 18.2 Å².